The Hall–Kier alpha value is -2.73. The second-order valence-corrected chi connectivity index (χ2v) is 13.4. The first-order valence-electron chi connectivity index (χ1n) is 11.0. The lowest BCUT2D eigenvalue weighted by molar-refractivity contribution is 0.140. The summed E-state index contributed by atoms with van der Waals surface area (Å²) in [5, 5.41) is 10.6. The molecular weight excluding hydrogens is 474 g/mol. The quantitative estimate of drug-likeness (QED) is 0.140. The fourth-order valence-electron chi connectivity index (χ4n) is 3.22. The van der Waals surface area contributed by atoms with Crippen molar-refractivity contribution in [2.24, 2.45) is 0 Å². The van der Waals surface area contributed by atoms with E-state index in [1.807, 2.05) is 18.2 Å². The maximum Gasteiger partial charge on any atom is 0.264 e. The molecule has 2 N–H and O–H groups in total. The minimum absolute atomic E-state index is 0.0309. The molecule has 1 atom stereocenters. The van der Waals surface area contributed by atoms with Crippen LogP contribution in [-0.2, 0) is 25.5 Å². The van der Waals surface area contributed by atoms with Crippen LogP contribution < -0.4 is 14.8 Å². The van der Waals surface area contributed by atoms with E-state index in [2.05, 4.69) is 23.4 Å². The summed E-state index contributed by atoms with van der Waals surface area (Å²) in [7, 11) is -4.14. The van der Waals surface area contributed by atoms with Crippen LogP contribution in [0.15, 0.2) is 42.6 Å². The number of nitrogens with one attached hydrogen (secondary N) is 2. The molecule has 11 heteroatoms. The molecule has 3 rings (SSSR count). The minimum Gasteiger partial charge on any atom is -0.487 e. The van der Waals surface area contributed by atoms with Gasteiger partial charge in [-0.1, -0.05) is 19.2 Å². The number of pyridine rings is 1. The SMILES string of the molecule is C[SiH](C)CCOCN/C(=C\C=N)c1ccc(Oc2ccc3c(c2)OC(COS(C)(=O)=O)C3)nc1. The summed E-state index contributed by atoms with van der Waals surface area (Å²) in [6.07, 6.45) is 5.76. The molecule has 0 saturated heterocycles. The molecule has 9 nitrogen and oxygen atoms in total. The van der Waals surface area contributed by atoms with Crippen LogP contribution in [0.3, 0.4) is 0 Å². The number of rotatable bonds is 13. The summed E-state index contributed by atoms with van der Waals surface area (Å²) in [6.45, 7) is 5.64. The standard InChI is InChI=1S/C23H31N3O6SSi/c1-33(27,28)30-15-20-12-17-4-6-19(13-22(17)31-20)32-23-7-5-18(14-25-23)21(8-9-24)26-16-29-10-11-34(2)3/h4-9,13-14,20,24,26,34H,10-12,15-16H2,1-3H3/b21-8-,24-9?. The zero-order valence-corrected chi connectivity index (χ0v) is 21.6. The largest absolute Gasteiger partial charge is 0.487 e. The third-order valence-corrected chi connectivity index (χ3v) is 6.93. The van der Waals surface area contributed by atoms with Crippen LogP contribution in [-0.4, -0.2) is 60.7 Å². The molecule has 0 spiro atoms. The van der Waals surface area contributed by atoms with Gasteiger partial charge in [-0.15, -0.1) is 0 Å². The van der Waals surface area contributed by atoms with Crippen LogP contribution in [0.2, 0.25) is 19.1 Å². The number of benzene rings is 1. The van der Waals surface area contributed by atoms with Crippen LogP contribution >= 0.6 is 0 Å². The van der Waals surface area contributed by atoms with E-state index in [0.29, 0.717) is 30.5 Å². The molecule has 2 aromatic rings. The van der Waals surface area contributed by atoms with Gasteiger partial charge in [0.25, 0.3) is 10.1 Å². The number of aromatic nitrogens is 1. The normalized spacial score (nSPS) is 15.6. The lowest BCUT2D eigenvalue weighted by atomic mass is 10.1. The van der Waals surface area contributed by atoms with Crippen molar-refractivity contribution in [2.75, 3.05) is 26.2 Å². The van der Waals surface area contributed by atoms with Crippen LogP contribution in [0.25, 0.3) is 5.70 Å². The number of nitrogens with zero attached hydrogens (tertiary/aromatic N) is 1. The smallest absolute Gasteiger partial charge is 0.264 e. The Balaban J connectivity index is 1.56. The van der Waals surface area contributed by atoms with E-state index in [0.717, 1.165) is 35.7 Å². The van der Waals surface area contributed by atoms with Crippen molar-refractivity contribution < 1.29 is 26.8 Å². The molecule has 0 fully saturated rings. The third-order valence-electron chi connectivity index (χ3n) is 4.97. The Bertz CT molecular complexity index is 1110. The van der Waals surface area contributed by atoms with Crippen LogP contribution in [0, 0.1) is 5.41 Å². The molecule has 0 saturated carbocycles. The molecular formula is C23H31N3O6SSi. The summed E-state index contributed by atoms with van der Waals surface area (Å²) in [4.78, 5) is 4.37. The van der Waals surface area contributed by atoms with E-state index < -0.39 is 18.9 Å². The van der Waals surface area contributed by atoms with Crippen molar-refractivity contribution in [3.8, 4) is 17.4 Å². The number of ether oxygens (including phenoxy) is 3. The zero-order chi connectivity index (χ0) is 24.6. The summed E-state index contributed by atoms with van der Waals surface area (Å²) in [5.41, 5.74) is 2.51. The monoisotopic (exact) mass is 505 g/mol. The lowest BCUT2D eigenvalue weighted by Gasteiger charge is -2.12. The summed E-state index contributed by atoms with van der Waals surface area (Å²) >= 11 is 0. The Kier molecular flexibility index (Phi) is 9.22. The van der Waals surface area contributed by atoms with Gasteiger partial charge in [0.1, 0.15) is 30.9 Å². The second-order valence-electron chi connectivity index (χ2n) is 8.35. The zero-order valence-electron chi connectivity index (χ0n) is 19.6. The van der Waals surface area contributed by atoms with Crippen molar-refractivity contribution in [3.63, 3.8) is 0 Å². The van der Waals surface area contributed by atoms with Gasteiger partial charge in [0, 0.05) is 57.6 Å². The van der Waals surface area contributed by atoms with Gasteiger partial charge in [0.15, 0.2) is 0 Å². The first kappa shape index (κ1) is 25.9. The first-order chi connectivity index (χ1) is 16.2. The molecule has 1 aromatic carbocycles. The van der Waals surface area contributed by atoms with E-state index in [-0.39, 0.29) is 12.7 Å². The summed E-state index contributed by atoms with van der Waals surface area (Å²) < 4.78 is 44.5. The summed E-state index contributed by atoms with van der Waals surface area (Å²) in [5.74, 6) is 1.60. The molecule has 184 valence electrons. The van der Waals surface area contributed by atoms with Gasteiger partial charge < -0.3 is 24.9 Å². The molecule has 1 aliphatic heterocycles. The van der Waals surface area contributed by atoms with Crippen molar-refractivity contribution in [1.29, 1.82) is 5.41 Å². The molecule has 1 unspecified atom stereocenters. The Labute approximate surface area is 202 Å². The Morgan fingerprint density at radius 1 is 1.32 bits per heavy atom. The van der Waals surface area contributed by atoms with Crippen molar-refractivity contribution >= 4 is 30.8 Å². The summed E-state index contributed by atoms with van der Waals surface area (Å²) in [6, 6.07) is 10.2. The van der Waals surface area contributed by atoms with E-state index in [4.69, 9.17) is 23.8 Å². The Morgan fingerprint density at radius 3 is 2.82 bits per heavy atom. The fraction of sp³-hybridized carbons (Fsp3) is 0.391. The van der Waals surface area contributed by atoms with E-state index >= 15 is 0 Å². The van der Waals surface area contributed by atoms with Gasteiger partial charge in [0.2, 0.25) is 5.88 Å². The van der Waals surface area contributed by atoms with Crippen molar-refractivity contribution in [3.05, 3.63) is 53.7 Å². The van der Waals surface area contributed by atoms with Crippen molar-refractivity contribution in [2.45, 2.75) is 31.7 Å². The molecule has 0 bridgehead atoms. The molecule has 1 aromatic heterocycles. The maximum absolute atomic E-state index is 11.2. The minimum atomic E-state index is -3.51. The Morgan fingerprint density at radius 2 is 2.15 bits per heavy atom. The van der Waals surface area contributed by atoms with Gasteiger partial charge in [-0.3, -0.25) is 4.18 Å². The number of allylic oxidation sites excluding steroid dienone is 1. The number of hydrogen-bond acceptors (Lipinski definition) is 9. The van der Waals surface area contributed by atoms with Gasteiger partial charge in [-0.05, 0) is 29.8 Å². The predicted octanol–water partition coefficient (Wildman–Crippen LogP) is 3.19. The average molecular weight is 506 g/mol. The van der Waals surface area contributed by atoms with Crippen molar-refractivity contribution in [1.82, 2.24) is 10.3 Å². The number of hydrogen-bond donors (Lipinski definition) is 2. The van der Waals surface area contributed by atoms with E-state index in [1.54, 1.807) is 24.4 Å². The second kappa shape index (κ2) is 12.1. The number of fused-ring (bicyclic) bond motifs is 1. The average Bonchev–Trinajstić information content (AvgIpc) is 3.19. The molecule has 0 radical (unpaired) electrons. The van der Waals surface area contributed by atoms with Gasteiger partial charge in [0.05, 0.1) is 6.26 Å². The van der Waals surface area contributed by atoms with E-state index in [9.17, 15) is 8.42 Å². The van der Waals surface area contributed by atoms with Gasteiger partial charge in [-0.2, -0.15) is 8.42 Å². The highest BCUT2D eigenvalue weighted by Crippen LogP contribution is 2.34. The fourth-order valence-corrected chi connectivity index (χ4v) is 4.25. The molecule has 0 amide bonds. The first-order valence-corrected chi connectivity index (χ1v) is 16.0. The molecule has 1 aliphatic rings. The lowest BCUT2D eigenvalue weighted by Crippen LogP contribution is -2.22. The predicted molar refractivity (Wildman–Crippen MR) is 134 cm³/mol. The van der Waals surface area contributed by atoms with Crippen LogP contribution in [0.1, 0.15) is 11.1 Å². The molecule has 0 aliphatic carbocycles. The topological polar surface area (TPSA) is 120 Å². The van der Waals surface area contributed by atoms with E-state index in [1.165, 1.54) is 6.21 Å². The van der Waals surface area contributed by atoms with Crippen LogP contribution in [0.5, 0.6) is 17.4 Å². The molecule has 34 heavy (non-hydrogen) atoms. The van der Waals surface area contributed by atoms with Crippen LogP contribution in [0.4, 0.5) is 0 Å². The van der Waals surface area contributed by atoms with Gasteiger partial charge >= 0.3 is 0 Å². The maximum atomic E-state index is 11.2. The highest BCUT2D eigenvalue weighted by Gasteiger charge is 2.25. The molecule has 2 heterocycles. The highest BCUT2D eigenvalue weighted by atomic mass is 32.2. The third kappa shape index (κ3) is 8.24. The van der Waals surface area contributed by atoms with Gasteiger partial charge in [-0.25, -0.2) is 4.98 Å². The highest BCUT2D eigenvalue weighted by molar-refractivity contribution is 7.85.